The number of anilines is 1. The minimum absolute atomic E-state index is 0.106. The molecule has 0 saturated carbocycles. The highest BCUT2D eigenvalue weighted by Crippen LogP contribution is 2.32. The van der Waals surface area contributed by atoms with Crippen LogP contribution in [-0.4, -0.2) is 34.4 Å². The molecule has 2 amide bonds. The van der Waals surface area contributed by atoms with Gasteiger partial charge in [0.2, 0.25) is 0 Å². The van der Waals surface area contributed by atoms with Gasteiger partial charge >= 0.3 is 6.09 Å². The van der Waals surface area contributed by atoms with Crippen LogP contribution in [0.3, 0.4) is 0 Å². The van der Waals surface area contributed by atoms with Crippen molar-refractivity contribution < 1.29 is 23.8 Å². The monoisotopic (exact) mass is 442 g/mol. The van der Waals surface area contributed by atoms with E-state index in [1.54, 1.807) is 24.4 Å². The second-order valence-corrected chi connectivity index (χ2v) is 7.49. The van der Waals surface area contributed by atoms with Gasteiger partial charge in [-0.05, 0) is 42.0 Å². The Morgan fingerprint density at radius 3 is 2.94 bits per heavy atom. The van der Waals surface area contributed by atoms with Crippen molar-refractivity contribution in [3.05, 3.63) is 64.6 Å². The van der Waals surface area contributed by atoms with Crippen molar-refractivity contribution in [2.45, 2.75) is 18.8 Å². The smallest absolute Gasteiger partial charge is 0.407 e. The largest absolute Gasteiger partial charge is 0.410 e. The number of alkyl carbamates (subject to hydrolysis) is 1. The first-order valence-electron chi connectivity index (χ1n) is 9.26. The van der Waals surface area contributed by atoms with Gasteiger partial charge in [-0.25, -0.2) is 9.18 Å². The average molecular weight is 443 g/mol. The van der Waals surface area contributed by atoms with E-state index in [2.05, 4.69) is 16.4 Å². The van der Waals surface area contributed by atoms with Gasteiger partial charge in [0, 0.05) is 47.3 Å². The number of halogens is 2. The summed E-state index contributed by atoms with van der Waals surface area (Å²) in [7, 11) is 0. The van der Waals surface area contributed by atoms with Gasteiger partial charge in [0.25, 0.3) is 11.7 Å². The number of rotatable bonds is 4. The molecular weight excluding hydrogens is 427 g/mol. The highest BCUT2D eigenvalue weighted by atomic mass is 35.5. The highest BCUT2D eigenvalue weighted by Gasteiger charge is 2.49. The van der Waals surface area contributed by atoms with Crippen molar-refractivity contribution >= 4 is 40.2 Å². The molecule has 2 aromatic carbocycles. The number of aromatic amines is 1. The molecule has 0 bridgehead atoms. The zero-order chi connectivity index (χ0) is 22.2. The van der Waals surface area contributed by atoms with Gasteiger partial charge in [-0.2, -0.15) is 5.26 Å². The average Bonchev–Trinajstić information content (AvgIpc) is 3.26. The number of H-pyrrole nitrogens is 1. The van der Waals surface area contributed by atoms with Crippen molar-refractivity contribution in [1.29, 1.82) is 5.26 Å². The molecule has 10 heteroatoms. The zero-order valence-corrected chi connectivity index (χ0v) is 16.7. The first-order chi connectivity index (χ1) is 14.8. The van der Waals surface area contributed by atoms with E-state index in [9.17, 15) is 24.3 Å². The number of fused-ring (bicyclic) bond motifs is 1. The summed E-state index contributed by atoms with van der Waals surface area (Å²) in [5.41, 5.74) is 2.01. The van der Waals surface area contributed by atoms with Crippen LogP contribution in [0.1, 0.15) is 17.5 Å². The number of hydrogen-bond acceptors (Lipinski definition) is 5. The second-order valence-electron chi connectivity index (χ2n) is 7.06. The van der Waals surface area contributed by atoms with Gasteiger partial charge in [-0.3, -0.25) is 4.79 Å². The number of carbonyl (C=O) groups is 2. The zero-order valence-electron chi connectivity index (χ0n) is 16.0. The normalized spacial score (nSPS) is 18.3. The molecule has 8 nitrogen and oxygen atoms in total. The number of amides is 2. The number of aromatic nitrogens is 1. The van der Waals surface area contributed by atoms with Gasteiger partial charge in [0.1, 0.15) is 11.9 Å². The Labute approximate surface area is 180 Å². The van der Waals surface area contributed by atoms with E-state index < -0.39 is 23.6 Å². The van der Waals surface area contributed by atoms with E-state index in [4.69, 9.17) is 16.3 Å². The van der Waals surface area contributed by atoms with E-state index in [-0.39, 0.29) is 24.5 Å². The summed E-state index contributed by atoms with van der Waals surface area (Å²) in [6, 6.07) is 10.9. The quantitative estimate of drug-likeness (QED) is 0.536. The molecule has 0 spiro atoms. The number of ether oxygens (including phenoxy) is 1. The lowest BCUT2D eigenvalue weighted by Gasteiger charge is -2.22. The van der Waals surface area contributed by atoms with Crippen LogP contribution in [0.25, 0.3) is 10.9 Å². The van der Waals surface area contributed by atoms with Crippen molar-refractivity contribution in [2.75, 3.05) is 11.4 Å². The number of nitrogens with zero attached hydrogens (tertiary/aromatic N) is 2. The first kappa shape index (κ1) is 20.7. The van der Waals surface area contributed by atoms with Crippen molar-refractivity contribution in [2.24, 2.45) is 0 Å². The minimum atomic E-state index is -2.34. The van der Waals surface area contributed by atoms with E-state index in [0.717, 1.165) is 11.6 Å². The third-order valence-electron chi connectivity index (χ3n) is 4.97. The lowest BCUT2D eigenvalue weighted by Crippen LogP contribution is -2.46. The van der Waals surface area contributed by atoms with Gasteiger partial charge in [-0.15, -0.1) is 0 Å². The van der Waals surface area contributed by atoms with Crippen LogP contribution in [0.4, 0.5) is 14.9 Å². The Bertz CT molecular complexity index is 1220. The Morgan fingerprint density at radius 2 is 2.19 bits per heavy atom. The van der Waals surface area contributed by atoms with E-state index >= 15 is 0 Å². The lowest BCUT2D eigenvalue weighted by molar-refractivity contribution is -0.175. The molecule has 31 heavy (non-hydrogen) atoms. The molecule has 1 atom stereocenters. The summed E-state index contributed by atoms with van der Waals surface area (Å²) in [5.74, 6) is -3.70. The third kappa shape index (κ3) is 4.03. The number of carbonyl (C=O) groups excluding carboxylic acids is 2. The van der Waals surface area contributed by atoms with E-state index in [1.165, 1.54) is 17.0 Å². The predicted octanol–water partition coefficient (Wildman–Crippen LogP) is 3.18. The first-order valence-corrected chi connectivity index (χ1v) is 9.64. The Morgan fingerprint density at radius 1 is 1.39 bits per heavy atom. The fourth-order valence-corrected chi connectivity index (χ4v) is 3.71. The van der Waals surface area contributed by atoms with Gasteiger partial charge in [0.05, 0.1) is 5.56 Å². The van der Waals surface area contributed by atoms with E-state index in [1.807, 2.05) is 0 Å². The van der Waals surface area contributed by atoms with E-state index in [0.29, 0.717) is 22.2 Å². The molecule has 2 heterocycles. The summed E-state index contributed by atoms with van der Waals surface area (Å²) >= 11 is 5.77. The van der Waals surface area contributed by atoms with Crippen LogP contribution in [0, 0.1) is 17.1 Å². The summed E-state index contributed by atoms with van der Waals surface area (Å²) < 4.78 is 18.4. The molecule has 4 rings (SSSR count). The summed E-state index contributed by atoms with van der Waals surface area (Å²) in [4.78, 5) is 29.2. The van der Waals surface area contributed by atoms with Crippen LogP contribution in [0.5, 0.6) is 0 Å². The van der Waals surface area contributed by atoms with Gasteiger partial charge < -0.3 is 25.0 Å². The standard InChI is InChI=1S/C21H16ClFN4O4/c22-14-5-12(6-15(23)7-14)10-26-20(29)31-21(30)3-4-27(19(21)28)16-1-2-18-17(8-16)13(9-24)11-25-18/h1-2,5-8,11,25,30H,3-4,10H2,(H,26,29)/t21-/m0/s1. The van der Waals surface area contributed by atoms with Gasteiger partial charge in [-0.1, -0.05) is 11.6 Å². The molecule has 1 fully saturated rings. The molecule has 1 aliphatic rings. The Hall–Kier alpha value is -3.61. The van der Waals surface area contributed by atoms with Gasteiger partial charge in [0.15, 0.2) is 0 Å². The summed E-state index contributed by atoms with van der Waals surface area (Å²) in [5, 5.41) is 23.0. The lowest BCUT2D eigenvalue weighted by atomic mass is 10.1. The van der Waals surface area contributed by atoms with Crippen molar-refractivity contribution in [3.8, 4) is 6.07 Å². The van der Waals surface area contributed by atoms with Crippen LogP contribution in [0.15, 0.2) is 42.6 Å². The molecule has 0 radical (unpaired) electrons. The Kier molecular flexibility index (Phi) is 5.27. The molecule has 158 valence electrons. The third-order valence-corrected chi connectivity index (χ3v) is 5.19. The number of hydrogen-bond donors (Lipinski definition) is 3. The molecule has 3 N–H and O–H groups in total. The molecule has 1 aliphatic heterocycles. The second kappa shape index (κ2) is 7.91. The molecular formula is C21H16ClFN4O4. The fraction of sp³-hybridized carbons (Fsp3) is 0.190. The molecule has 0 aliphatic carbocycles. The number of benzene rings is 2. The maximum atomic E-state index is 13.4. The number of nitrogens with one attached hydrogen (secondary N) is 2. The number of aliphatic hydroxyl groups is 1. The van der Waals surface area contributed by atoms with Crippen LogP contribution in [-0.2, 0) is 16.1 Å². The number of nitriles is 1. The predicted molar refractivity (Wildman–Crippen MR) is 110 cm³/mol. The molecule has 1 aromatic heterocycles. The summed E-state index contributed by atoms with van der Waals surface area (Å²) in [6.45, 7) is 0.00528. The topological polar surface area (TPSA) is 118 Å². The highest BCUT2D eigenvalue weighted by molar-refractivity contribution is 6.30. The maximum Gasteiger partial charge on any atom is 0.410 e. The van der Waals surface area contributed by atoms with Crippen molar-refractivity contribution in [1.82, 2.24) is 10.3 Å². The molecule has 3 aromatic rings. The van der Waals surface area contributed by atoms with Crippen LogP contribution < -0.4 is 10.2 Å². The molecule has 0 unspecified atom stereocenters. The molecule has 1 saturated heterocycles. The SMILES string of the molecule is N#Cc1c[nH]c2ccc(N3CC[C@](O)(OC(=O)NCc4cc(F)cc(Cl)c4)C3=O)cc12. The van der Waals surface area contributed by atoms with Crippen LogP contribution >= 0.6 is 11.6 Å². The summed E-state index contributed by atoms with van der Waals surface area (Å²) in [6.07, 6.45) is 0.392. The van der Waals surface area contributed by atoms with Crippen molar-refractivity contribution in [3.63, 3.8) is 0 Å². The Balaban J connectivity index is 1.44. The fourth-order valence-electron chi connectivity index (χ4n) is 3.47. The maximum absolute atomic E-state index is 13.4. The van der Waals surface area contributed by atoms with Crippen LogP contribution in [0.2, 0.25) is 5.02 Å². The minimum Gasteiger partial charge on any atom is -0.407 e.